The fourth-order valence-electron chi connectivity index (χ4n) is 3.12. The first-order valence-corrected chi connectivity index (χ1v) is 10.4. The van der Waals surface area contributed by atoms with E-state index in [0.717, 1.165) is 17.3 Å². The first kappa shape index (κ1) is 20.9. The lowest BCUT2D eigenvalue weighted by atomic mass is 10.2. The van der Waals surface area contributed by atoms with E-state index in [1.54, 1.807) is 20.3 Å². The van der Waals surface area contributed by atoms with E-state index in [1.807, 2.05) is 47.0 Å². The zero-order valence-electron chi connectivity index (χ0n) is 16.9. The summed E-state index contributed by atoms with van der Waals surface area (Å²) in [6, 6.07) is 18.7. The molecule has 0 aliphatic carbocycles. The second-order valence-corrected chi connectivity index (χ2v) is 7.51. The summed E-state index contributed by atoms with van der Waals surface area (Å²) in [5.74, 6) is 0.883. The monoisotopic (exact) mass is 439 g/mol. The van der Waals surface area contributed by atoms with Crippen molar-refractivity contribution in [1.82, 2.24) is 14.8 Å². The lowest BCUT2D eigenvalue weighted by molar-refractivity contribution is 0.355. The normalized spacial score (nSPS) is 10.8. The van der Waals surface area contributed by atoms with Gasteiger partial charge in [-0.25, -0.2) is 8.78 Å². The molecule has 4 aromatic rings. The summed E-state index contributed by atoms with van der Waals surface area (Å²) >= 11 is 1.32. The third kappa shape index (κ3) is 4.39. The van der Waals surface area contributed by atoms with Crippen molar-refractivity contribution in [3.8, 4) is 28.6 Å². The molecule has 1 aromatic heterocycles. The molecule has 0 aliphatic rings. The molecular weight excluding hydrogens is 420 g/mol. The predicted octanol–water partition coefficient (Wildman–Crippen LogP) is 5.52. The molecule has 8 heteroatoms. The number of hydrogen-bond acceptors (Lipinski definition) is 5. The predicted molar refractivity (Wildman–Crippen MR) is 116 cm³/mol. The van der Waals surface area contributed by atoms with Crippen molar-refractivity contribution in [2.75, 3.05) is 14.2 Å². The molecule has 0 atom stereocenters. The number of methoxy groups -OCH3 is 2. The summed E-state index contributed by atoms with van der Waals surface area (Å²) in [5.41, 5.74) is 2.04. The second-order valence-electron chi connectivity index (χ2n) is 6.57. The van der Waals surface area contributed by atoms with Crippen LogP contribution in [0.3, 0.4) is 0 Å². The van der Waals surface area contributed by atoms with Crippen LogP contribution in [0.1, 0.15) is 5.56 Å². The summed E-state index contributed by atoms with van der Waals surface area (Å²) in [7, 11) is 3.15. The van der Waals surface area contributed by atoms with Crippen LogP contribution >= 0.6 is 11.8 Å². The largest absolute Gasteiger partial charge is 0.493 e. The molecule has 0 saturated carbocycles. The molecule has 3 aromatic carbocycles. The van der Waals surface area contributed by atoms with Crippen LogP contribution < -0.4 is 9.47 Å². The van der Waals surface area contributed by atoms with Gasteiger partial charge >= 0.3 is 0 Å². The number of hydrogen-bond donors (Lipinski definition) is 0. The van der Waals surface area contributed by atoms with Gasteiger partial charge in [0.25, 0.3) is 0 Å². The SMILES string of the molecule is COc1ccc(-c2nnc(SCc3ccc(F)cc3F)n2-c2ccccc2)cc1OC. The van der Waals surface area contributed by atoms with Gasteiger partial charge in [-0.05, 0) is 42.0 Å². The number of ether oxygens (including phenoxy) is 2. The molecule has 158 valence electrons. The minimum atomic E-state index is -0.602. The van der Waals surface area contributed by atoms with E-state index >= 15 is 0 Å². The Morgan fingerprint density at radius 2 is 1.65 bits per heavy atom. The van der Waals surface area contributed by atoms with Crippen LogP contribution in [-0.2, 0) is 5.75 Å². The van der Waals surface area contributed by atoms with Gasteiger partial charge in [0.15, 0.2) is 22.5 Å². The van der Waals surface area contributed by atoms with E-state index in [1.165, 1.54) is 23.9 Å². The van der Waals surface area contributed by atoms with E-state index in [0.29, 0.717) is 28.0 Å². The van der Waals surface area contributed by atoms with Crippen LogP contribution in [0.25, 0.3) is 17.1 Å². The summed E-state index contributed by atoms with van der Waals surface area (Å²) < 4.78 is 39.9. The molecule has 5 nitrogen and oxygen atoms in total. The van der Waals surface area contributed by atoms with Crippen LogP contribution in [0.15, 0.2) is 71.9 Å². The van der Waals surface area contributed by atoms with Gasteiger partial charge in [-0.15, -0.1) is 10.2 Å². The van der Waals surface area contributed by atoms with Crippen molar-refractivity contribution in [3.63, 3.8) is 0 Å². The molecule has 0 N–H and O–H groups in total. The minimum Gasteiger partial charge on any atom is -0.493 e. The second kappa shape index (κ2) is 9.18. The molecule has 0 radical (unpaired) electrons. The summed E-state index contributed by atoms with van der Waals surface area (Å²) in [4.78, 5) is 0. The Morgan fingerprint density at radius 1 is 0.871 bits per heavy atom. The molecule has 0 amide bonds. The maximum Gasteiger partial charge on any atom is 0.196 e. The zero-order valence-corrected chi connectivity index (χ0v) is 17.7. The molecule has 0 bridgehead atoms. The molecule has 0 aliphatic heterocycles. The van der Waals surface area contributed by atoms with E-state index in [9.17, 15) is 8.78 Å². The highest BCUT2D eigenvalue weighted by Gasteiger charge is 2.18. The fourth-order valence-corrected chi connectivity index (χ4v) is 4.05. The van der Waals surface area contributed by atoms with Gasteiger partial charge in [0.2, 0.25) is 0 Å². The number of aromatic nitrogens is 3. The fraction of sp³-hybridized carbons (Fsp3) is 0.130. The van der Waals surface area contributed by atoms with Crippen molar-refractivity contribution in [3.05, 3.63) is 83.9 Å². The topological polar surface area (TPSA) is 49.2 Å². The Balaban J connectivity index is 1.74. The van der Waals surface area contributed by atoms with Gasteiger partial charge in [0.1, 0.15) is 11.6 Å². The van der Waals surface area contributed by atoms with Gasteiger partial charge in [-0.1, -0.05) is 36.0 Å². The molecule has 1 heterocycles. The van der Waals surface area contributed by atoms with Crippen LogP contribution in [0.4, 0.5) is 8.78 Å². The molecule has 31 heavy (non-hydrogen) atoms. The van der Waals surface area contributed by atoms with Crippen molar-refractivity contribution < 1.29 is 18.3 Å². The third-order valence-corrected chi connectivity index (χ3v) is 5.64. The van der Waals surface area contributed by atoms with E-state index < -0.39 is 11.6 Å². The maximum absolute atomic E-state index is 14.1. The van der Waals surface area contributed by atoms with Gasteiger partial charge in [0, 0.05) is 23.1 Å². The standard InChI is InChI=1S/C23H19F2N3O2S/c1-29-20-11-9-15(12-21(20)30-2)22-26-27-23(28(22)18-6-4-3-5-7-18)31-14-16-8-10-17(24)13-19(16)25/h3-13H,14H2,1-2H3. The van der Waals surface area contributed by atoms with E-state index in [-0.39, 0.29) is 5.75 Å². The highest BCUT2D eigenvalue weighted by atomic mass is 32.2. The smallest absolute Gasteiger partial charge is 0.196 e. The van der Waals surface area contributed by atoms with Gasteiger partial charge in [-0.2, -0.15) is 0 Å². The molecule has 0 unspecified atom stereocenters. The number of halogens is 2. The lowest BCUT2D eigenvalue weighted by Gasteiger charge is -2.12. The highest BCUT2D eigenvalue weighted by Crippen LogP contribution is 2.35. The van der Waals surface area contributed by atoms with Gasteiger partial charge < -0.3 is 9.47 Å². The molecule has 4 rings (SSSR count). The van der Waals surface area contributed by atoms with Crippen LogP contribution in [0, 0.1) is 11.6 Å². The first-order valence-electron chi connectivity index (χ1n) is 9.40. The van der Waals surface area contributed by atoms with Crippen LogP contribution in [0.5, 0.6) is 11.5 Å². The van der Waals surface area contributed by atoms with Crippen molar-refractivity contribution in [2.24, 2.45) is 0 Å². The molecular formula is C23H19F2N3O2S. The van der Waals surface area contributed by atoms with Gasteiger partial charge in [-0.3, -0.25) is 4.57 Å². The van der Waals surface area contributed by atoms with E-state index in [4.69, 9.17) is 9.47 Å². The van der Waals surface area contributed by atoms with Crippen LogP contribution in [-0.4, -0.2) is 29.0 Å². The number of benzene rings is 3. The number of para-hydroxylation sites is 1. The molecule has 0 fully saturated rings. The molecule has 0 spiro atoms. The first-order chi connectivity index (χ1) is 15.1. The summed E-state index contributed by atoms with van der Waals surface area (Å²) in [5, 5.41) is 9.30. The minimum absolute atomic E-state index is 0.281. The number of rotatable bonds is 7. The Hall–Kier alpha value is -3.39. The zero-order chi connectivity index (χ0) is 21.8. The Morgan fingerprint density at radius 3 is 2.35 bits per heavy atom. The summed E-state index contributed by atoms with van der Waals surface area (Å²) in [6.07, 6.45) is 0. The third-order valence-electron chi connectivity index (χ3n) is 4.66. The lowest BCUT2D eigenvalue weighted by Crippen LogP contribution is -2.00. The summed E-state index contributed by atoms with van der Waals surface area (Å²) in [6.45, 7) is 0. The number of nitrogens with zero attached hydrogens (tertiary/aromatic N) is 3. The van der Waals surface area contributed by atoms with Gasteiger partial charge in [0.05, 0.1) is 14.2 Å². The van der Waals surface area contributed by atoms with Crippen molar-refractivity contribution >= 4 is 11.8 Å². The highest BCUT2D eigenvalue weighted by molar-refractivity contribution is 7.98. The van der Waals surface area contributed by atoms with E-state index in [2.05, 4.69) is 10.2 Å². The average Bonchev–Trinajstić information content (AvgIpc) is 3.22. The van der Waals surface area contributed by atoms with Crippen LogP contribution in [0.2, 0.25) is 0 Å². The number of thioether (sulfide) groups is 1. The quantitative estimate of drug-likeness (QED) is 0.355. The average molecular weight is 439 g/mol. The molecule has 0 saturated heterocycles. The Labute approximate surface area is 182 Å². The van der Waals surface area contributed by atoms with Crippen molar-refractivity contribution in [2.45, 2.75) is 10.9 Å². The maximum atomic E-state index is 14.1. The Bertz CT molecular complexity index is 1200. The van der Waals surface area contributed by atoms with Crippen molar-refractivity contribution in [1.29, 1.82) is 0 Å². The Kier molecular flexibility index (Phi) is 6.18.